The van der Waals surface area contributed by atoms with Crippen LogP contribution in [-0.2, 0) is 9.53 Å². The van der Waals surface area contributed by atoms with Crippen molar-refractivity contribution in [3.8, 4) is 0 Å². The zero-order valence-electron chi connectivity index (χ0n) is 14.4. The van der Waals surface area contributed by atoms with Crippen molar-refractivity contribution in [2.24, 2.45) is 5.73 Å². The highest BCUT2D eigenvalue weighted by Gasteiger charge is 2.28. The minimum Gasteiger partial charge on any atom is -0.395 e. The molecule has 27 heavy (non-hydrogen) atoms. The van der Waals surface area contributed by atoms with E-state index in [0.29, 0.717) is 11.5 Å². The topological polar surface area (TPSA) is 141 Å². The third-order valence-electron chi connectivity index (χ3n) is 3.47. The minimum atomic E-state index is -0.891. The summed E-state index contributed by atoms with van der Waals surface area (Å²) in [5.41, 5.74) is 10.4. The zero-order valence-corrected chi connectivity index (χ0v) is 15.2. The predicted molar refractivity (Wildman–Crippen MR) is 98.0 cm³/mol. The number of nitrogens with two attached hydrogens (primary N) is 2. The first-order valence-corrected chi connectivity index (χ1v) is 8.51. The number of methoxy groups -OCH3 is 1. The third kappa shape index (κ3) is 4.77. The van der Waals surface area contributed by atoms with Gasteiger partial charge in [0.25, 0.3) is 11.8 Å². The lowest BCUT2D eigenvalue weighted by molar-refractivity contribution is -0.119. The van der Waals surface area contributed by atoms with Crippen LogP contribution in [0, 0.1) is 5.82 Å². The van der Waals surface area contributed by atoms with Gasteiger partial charge in [-0.05, 0) is 23.7 Å². The molecule has 0 saturated heterocycles. The molecule has 5 N–H and O–H groups in total. The van der Waals surface area contributed by atoms with Crippen LogP contribution in [0.15, 0.2) is 24.3 Å². The van der Waals surface area contributed by atoms with Gasteiger partial charge in [0.15, 0.2) is 5.69 Å². The van der Waals surface area contributed by atoms with E-state index in [-0.39, 0.29) is 35.1 Å². The number of amides is 3. The molecular weight excluding hydrogens is 377 g/mol. The summed E-state index contributed by atoms with van der Waals surface area (Å²) in [5, 5.41) is 2.55. The Balaban J connectivity index is 2.34. The van der Waals surface area contributed by atoms with Crippen molar-refractivity contribution in [3.05, 3.63) is 40.7 Å². The van der Waals surface area contributed by atoms with Crippen LogP contribution < -0.4 is 21.7 Å². The van der Waals surface area contributed by atoms with Gasteiger partial charge in [-0.3, -0.25) is 19.3 Å². The first-order chi connectivity index (χ1) is 12.9. The zero-order chi connectivity index (χ0) is 20.0. The number of carbonyl (C=O) groups excluding carboxylic acids is 3. The minimum absolute atomic E-state index is 0.113. The first kappa shape index (κ1) is 20.3. The van der Waals surface area contributed by atoms with E-state index < -0.39 is 30.1 Å². The largest absolute Gasteiger partial charge is 0.395 e. The maximum atomic E-state index is 14.2. The number of rotatable bonds is 8. The number of nitrogens with zero attached hydrogens (tertiary/aromatic N) is 2. The van der Waals surface area contributed by atoms with Crippen molar-refractivity contribution in [3.63, 3.8) is 0 Å². The van der Waals surface area contributed by atoms with Crippen LogP contribution in [0.1, 0.15) is 20.2 Å². The monoisotopic (exact) mass is 395 g/mol. The number of ether oxygens (including phenoxy) is 1. The fourth-order valence-corrected chi connectivity index (χ4v) is 2.93. The molecule has 0 fully saturated rings. The number of halogens is 1. The van der Waals surface area contributed by atoms with Gasteiger partial charge >= 0.3 is 0 Å². The lowest BCUT2D eigenvalue weighted by atomic mass is 10.2. The Morgan fingerprint density at radius 1 is 1.33 bits per heavy atom. The van der Waals surface area contributed by atoms with Gasteiger partial charge < -0.3 is 21.5 Å². The number of nitrogen functional groups attached to an aromatic ring is 1. The van der Waals surface area contributed by atoms with Gasteiger partial charge in [-0.25, -0.2) is 4.39 Å². The number of benzene rings is 1. The summed E-state index contributed by atoms with van der Waals surface area (Å²) in [5.74, 6) is -2.89. The Morgan fingerprint density at radius 3 is 2.63 bits per heavy atom. The Hall–Kier alpha value is -3.05. The van der Waals surface area contributed by atoms with Crippen molar-refractivity contribution < 1.29 is 23.5 Å². The van der Waals surface area contributed by atoms with E-state index in [1.54, 1.807) is 0 Å². The normalized spacial score (nSPS) is 10.4. The summed E-state index contributed by atoms with van der Waals surface area (Å²) in [6, 6.07) is 5.48. The van der Waals surface area contributed by atoms with Crippen LogP contribution in [0.5, 0.6) is 0 Å². The smallest absolute Gasteiger partial charge is 0.272 e. The molecule has 3 amide bonds. The molecule has 0 bridgehead atoms. The number of carbonyl (C=O) groups is 3. The number of hydrogen-bond acceptors (Lipinski definition) is 7. The van der Waals surface area contributed by atoms with E-state index in [2.05, 4.69) is 9.69 Å². The van der Waals surface area contributed by atoms with Crippen LogP contribution in [0.4, 0.5) is 15.8 Å². The molecule has 9 nitrogen and oxygen atoms in total. The Bertz CT molecular complexity index is 857. The lowest BCUT2D eigenvalue weighted by Crippen LogP contribution is -2.42. The number of hydrogen-bond donors (Lipinski definition) is 3. The van der Waals surface area contributed by atoms with Crippen LogP contribution >= 0.6 is 11.5 Å². The van der Waals surface area contributed by atoms with Gasteiger partial charge in [-0.2, -0.15) is 4.37 Å². The standard InChI is InChI=1S/C16H18FN5O4S/c1-26-7-6-20-11(23)8-22(10-5-3-2-4-9(10)17)16(25)14-12(18)13(15(19)24)21-27-14/h2-5H,6-8,18H2,1H3,(H2,19,24)(H,20,23). The molecule has 144 valence electrons. The Labute approximate surface area is 158 Å². The Kier molecular flexibility index (Phi) is 6.79. The number of aromatic nitrogens is 1. The van der Waals surface area contributed by atoms with Gasteiger partial charge in [0.1, 0.15) is 17.2 Å². The van der Waals surface area contributed by atoms with Crippen molar-refractivity contribution in [1.82, 2.24) is 9.69 Å². The van der Waals surface area contributed by atoms with Crippen molar-refractivity contribution >= 4 is 40.6 Å². The molecule has 0 spiro atoms. The molecule has 0 saturated carbocycles. The quantitative estimate of drug-likeness (QED) is 0.552. The van der Waals surface area contributed by atoms with Gasteiger partial charge in [0.05, 0.1) is 18.0 Å². The van der Waals surface area contributed by atoms with Crippen molar-refractivity contribution in [2.75, 3.05) is 37.4 Å². The maximum Gasteiger partial charge on any atom is 0.272 e. The summed E-state index contributed by atoms with van der Waals surface area (Å²) in [4.78, 5) is 37.2. The van der Waals surface area contributed by atoms with E-state index >= 15 is 0 Å². The van der Waals surface area contributed by atoms with Crippen molar-refractivity contribution in [1.29, 1.82) is 0 Å². The molecule has 0 radical (unpaired) electrons. The number of para-hydroxylation sites is 1. The van der Waals surface area contributed by atoms with Gasteiger partial charge in [-0.1, -0.05) is 12.1 Å². The molecule has 1 aromatic heterocycles. The molecule has 11 heteroatoms. The summed E-state index contributed by atoms with van der Waals surface area (Å²) < 4.78 is 22.8. The second-order valence-electron chi connectivity index (χ2n) is 5.32. The Morgan fingerprint density at radius 2 is 2.04 bits per heavy atom. The number of anilines is 2. The molecule has 1 aromatic carbocycles. The highest BCUT2D eigenvalue weighted by atomic mass is 32.1. The average molecular weight is 395 g/mol. The summed E-state index contributed by atoms with van der Waals surface area (Å²) >= 11 is 0.649. The number of nitrogens with one attached hydrogen (secondary N) is 1. The molecule has 0 aliphatic carbocycles. The van der Waals surface area contributed by atoms with Crippen molar-refractivity contribution in [2.45, 2.75) is 0 Å². The van der Waals surface area contributed by atoms with Crippen LogP contribution in [0.3, 0.4) is 0 Å². The van der Waals surface area contributed by atoms with Crippen LogP contribution in [0.2, 0.25) is 0 Å². The van der Waals surface area contributed by atoms with Gasteiger partial charge in [0, 0.05) is 13.7 Å². The lowest BCUT2D eigenvalue weighted by Gasteiger charge is -2.22. The average Bonchev–Trinajstić information content (AvgIpc) is 3.02. The van der Waals surface area contributed by atoms with Crippen LogP contribution in [0.25, 0.3) is 0 Å². The predicted octanol–water partition coefficient (Wildman–Crippen LogP) is 0.373. The van der Waals surface area contributed by atoms with E-state index in [0.717, 1.165) is 11.0 Å². The third-order valence-corrected chi connectivity index (χ3v) is 4.33. The highest BCUT2D eigenvalue weighted by Crippen LogP contribution is 2.27. The highest BCUT2D eigenvalue weighted by molar-refractivity contribution is 7.09. The maximum absolute atomic E-state index is 14.2. The molecular formula is C16H18FN5O4S. The molecule has 1 heterocycles. The number of primary amides is 1. The molecule has 2 aromatic rings. The molecule has 0 aliphatic rings. The fourth-order valence-electron chi connectivity index (χ4n) is 2.18. The summed E-state index contributed by atoms with van der Waals surface area (Å²) in [7, 11) is 1.48. The van der Waals surface area contributed by atoms with E-state index in [1.165, 1.54) is 25.3 Å². The molecule has 0 unspecified atom stereocenters. The van der Waals surface area contributed by atoms with Gasteiger partial charge in [0.2, 0.25) is 5.91 Å². The molecule has 2 rings (SSSR count). The molecule has 0 aliphatic heterocycles. The second kappa shape index (κ2) is 9.05. The van der Waals surface area contributed by atoms with E-state index in [4.69, 9.17) is 16.2 Å². The fraction of sp³-hybridized carbons (Fsp3) is 0.250. The summed E-state index contributed by atoms with van der Waals surface area (Å²) in [6.07, 6.45) is 0. The van der Waals surface area contributed by atoms with Crippen LogP contribution in [-0.4, -0.2) is 48.9 Å². The first-order valence-electron chi connectivity index (χ1n) is 7.73. The second-order valence-corrected chi connectivity index (χ2v) is 6.10. The SMILES string of the molecule is COCCNC(=O)CN(C(=O)c1snc(C(N)=O)c1N)c1ccccc1F. The van der Waals surface area contributed by atoms with Gasteiger partial charge in [-0.15, -0.1) is 0 Å². The van der Waals surface area contributed by atoms with E-state index in [9.17, 15) is 18.8 Å². The summed E-state index contributed by atoms with van der Waals surface area (Å²) in [6.45, 7) is 0.0407. The van der Waals surface area contributed by atoms with E-state index in [1.807, 2.05) is 0 Å². The molecule has 0 atom stereocenters.